The molecule has 0 unspecified atom stereocenters. The predicted octanol–water partition coefficient (Wildman–Crippen LogP) is 5.28. The van der Waals surface area contributed by atoms with Crippen LogP contribution in [0.15, 0.2) is 84.9 Å². The van der Waals surface area contributed by atoms with Gasteiger partial charge < -0.3 is 4.74 Å². The van der Waals surface area contributed by atoms with Gasteiger partial charge in [-0.05, 0) is 18.4 Å². The van der Waals surface area contributed by atoms with Crippen molar-refractivity contribution in [1.29, 1.82) is 0 Å². The van der Waals surface area contributed by atoms with Gasteiger partial charge in [-0.2, -0.15) is 12.6 Å². The molecule has 0 saturated carbocycles. The Morgan fingerprint density at radius 1 is 0.688 bits per heavy atom. The summed E-state index contributed by atoms with van der Waals surface area (Å²) in [7, 11) is 0. The third-order valence-electron chi connectivity index (χ3n) is 4.91. The average Bonchev–Trinajstić information content (AvgIpc) is 2.87. The number of nitrogens with zero attached hydrogens (tertiary/aromatic N) is 3. The summed E-state index contributed by atoms with van der Waals surface area (Å²) in [5.41, 5.74) is 3.98. The minimum atomic E-state index is -0.290. The molecule has 32 heavy (non-hydrogen) atoms. The molecule has 4 aromatic rings. The quantitative estimate of drug-likeness (QED) is 0.229. The summed E-state index contributed by atoms with van der Waals surface area (Å²) in [6.07, 6.45) is 1.59. The van der Waals surface area contributed by atoms with Gasteiger partial charge in [-0.25, -0.2) is 15.0 Å². The molecule has 0 N–H and O–H groups in total. The van der Waals surface area contributed by atoms with Gasteiger partial charge in [0.1, 0.15) is 0 Å². The van der Waals surface area contributed by atoms with Crippen molar-refractivity contribution in [3.63, 3.8) is 0 Å². The van der Waals surface area contributed by atoms with Crippen molar-refractivity contribution < 1.29 is 9.53 Å². The first kappa shape index (κ1) is 21.7. The topological polar surface area (TPSA) is 65.0 Å². The van der Waals surface area contributed by atoms with Crippen LogP contribution in [0.2, 0.25) is 0 Å². The van der Waals surface area contributed by atoms with E-state index in [2.05, 4.69) is 24.8 Å². The standard InChI is InChI=1S/C26H23N3O2S/c30-23(18-32)31-17-7-8-19-13-15-22(16-14-19)26-28-24(20-9-3-1-4-10-20)27-25(29-26)21-11-5-2-6-12-21/h1-6,9-16,32H,7-8,17-18H2. The Labute approximate surface area is 193 Å². The fourth-order valence-corrected chi connectivity index (χ4v) is 3.36. The van der Waals surface area contributed by atoms with Gasteiger partial charge in [0.2, 0.25) is 0 Å². The van der Waals surface area contributed by atoms with Crippen LogP contribution in [0.4, 0.5) is 0 Å². The van der Waals surface area contributed by atoms with Crippen LogP contribution in [0.5, 0.6) is 0 Å². The highest BCUT2D eigenvalue weighted by molar-refractivity contribution is 7.81. The molecule has 0 aliphatic heterocycles. The molecule has 5 nitrogen and oxygen atoms in total. The zero-order valence-corrected chi connectivity index (χ0v) is 18.4. The molecular formula is C26H23N3O2S. The maximum atomic E-state index is 11.2. The summed E-state index contributed by atoms with van der Waals surface area (Å²) in [6, 6.07) is 28.0. The second-order valence-corrected chi connectivity index (χ2v) is 7.53. The van der Waals surface area contributed by atoms with Crippen LogP contribution in [0, 0.1) is 0 Å². The molecular weight excluding hydrogens is 418 g/mol. The van der Waals surface area contributed by atoms with E-state index in [1.165, 1.54) is 0 Å². The monoisotopic (exact) mass is 441 g/mol. The lowest BCUT2D eigenvalue weighted by Crippen LogP contribution is -2.07. The lowest BCUT2D eigenvalue weighted by atomic mass is 10.1. The maximum absolute atomic E-state index is 11.2. The number of rotatable bonds is 8. The number of aryl methyl sites for hydroxylation is 1. The van der Waals surface area contributed by atoms with E-state index in [9.17, 15) is 4.79 Å². The van der Waals surface area contributed by atoms with Gasteiger partial charge in [0.15, 0.2) is 17.5 Å². The number of hydrogen-bond donors (Lipinski definition) is 1. The van der Waals surface area contributed by atoms with Crippen LogP contribution in [-0.2, 0) is 16.0 Å². The Bertz CT molecular complexity index is 1110. The van der Waals surface area contributed by atoms with E-state index in [1.807, 2.05) is 72.8 Å². The van der Waals surface area contributed by atoms with Gasteiger partial charge in [-0.15, -0.1) is 0 Å². The molecule has 0 bridgehead atoms. The molecule has 160 valence electrons. The minimum absolute atomic E-state index is 0.108. The van der Waals surface area contributed by atoms with Gasteiger partial charge in [0.05, 0.1) is 12.4 Å². The number of carbonyl (C=O) groups excluding carboxylic acids is 1. The molecule has 1 heterocycles. The molecule has 0 saturated heterocycles. The van der Waals surface area contributed by atoms with E-state index in [4.69, 9.17) is 19.7 Å². The first-order chi connectivity index (χ1) is 15.7. The largest absolute Gasteiger partial charge is 0.465 e. The highest BCUT2D eigenvalue weighted by Crippen LogP contribution is 2.24. The second kappa shape index (κ2) is 10.7. The van der Waals surface area contributed by atoms with Crippen molar-refractivity contribution in [2.24, 2.45) is 0 Å². The van der Waals surface area contributed by atoms with Crippen molar-refractivity contribution in [3.8, 4) is 34.2 Å². The number of esters is 1. The molecule has 0 aliphatic carbocycles. The number of hydrogen-bond acceptors (Lipinski definition) is 6. The molecule has 0 radical (unpaired) electrons. The van der Waals surface area contributed by atoms with Crippen molar-refractivity contribution in [3.05, 3.63) is 90.5 Å². The molecule has 0 atom stereocenters. The van der Waals surface area contributed by atoms with Crippen LogP contribution in [0.3, 0.4) is 0 Å². The van der Waals surface area contributed by atoms with Crippen LogP contribution in [0.25, 0.3) is 34.2 Å². The van der Waals surface area contributed by atoms with E-state index in [0.29, 0.717) is 24.1 Å². The summed E-state index contributed by atoms with van der Waals surface area (Å²) in [6.45, 7) is 0.398. The fraction of sp³-hybridized carbons (Fsp3) is 0.154. The first-order valence-electron chi connectivity index (χ1n) is 10.5. The summed E-state index contributed by atoms with van der Waals surface area (Å²) >= 11 is 3.90. The van der Waals surface area contributed by atoms with E-state index in [-0.39, 0.29) is 11.7 Å². The van der Waals surface area contributed by atoms with Crippen molar-refractivity contribution >= 4 is 18.6 Å². The predicted molar refractivity (Wildman–Crippen MR) is 129 cm³/mol. The molecule has 1 aromatic heterocycles. The molecule has 0 amide bonds. The normalized spacial score (nSPS) is 10.7. The Balaban J connectivity index is 1.59. The fourth-order valence-electron chi connectivity index (χ4n) is 3.27. The van der Waals surface area contributed by atoms with E-state index in [0.717, 1.165) is 35.1 Å². The van der Waals surface area contributed by atoms with Crippen molar-refractivity contribution in [2.75, 3.05) is 12.4 Å². The third kappa shape index (κ3) is 5.59. The van der Waals surface area contributed by atoms with Crippen LogP contribution < -0.4 is 0 Å². The number of thiol groups is 1. The lowest BCUT2D eigenvalue weighted by Gasteiger charge is -2.09. The summed E-state index contributed by atoms with van der Waals surface area (Å²) in [4.78, 5) is 25.4. The second-order valence-electron chi connectivity index (χ2n) is 7.22. The lowest BCUT2D eigenvalue weighted by molar-refractivity contribution is -0.140. The average molecular weight is 442 g/mol. The minimum Gasteiger partial charge on any atom is -0.465 e. The highest BCUT2D eigenvalue weighted by atomic mass is 32.1. The Morgan fingerprint density at radius 3 is 1.62 bits per heavy atom. The Kier molecular flexibility index (Phi) is 7.25. The van der Waals surface area contributed by atoms with Crippen LogP contribution in [-0.4, -0.2) is 33.3 Å². The smallest absolute Gasteiger partial charge is 0.315 e. The van der Waals surface area contributed by atoms with Gasteiger partial charge in [-0.1, -0.05) is 84.9 Å². The third-order valence-corrected chi connectivity index (χ3v) is 5.17. The summed E-state index contributed by atoms with van der Waals surface area (Å²) in [5.74, 6) is 1.74. The van der Waals surface area contributed by atoms with Crippen LogP contribution in [0.1, 0.15) is 12.0 Å². The van der Waals surface area contributed by atoms with E-state index >= 15 is 0 Å². The first-order valence-corrected chi connectivity index (χ1v) is 11.1. The molecule has 0 aliphatic rings. The molecule has 6 heteroatoms. The van der Waals surface area contributed by atoms with E-state index < -0.39 is 0 Å². The van der Waals surface area contributed by atoms with Gasteiger partial charge in [-0.3, -0.25) is 4.79 Å². The van der Waals surface area contributed by atoms with Gasteiger partial charge in [0.25, 0.3) is 0 Å². The molecule has 0 fully saturated rings. The van der Waals surface area contributed by atoms with Gasteiger partial charge in [0, 0.05) is 16.7 Å². The molecule has 3 aromatic carbocycles. The number of ether oxygens (including phenoxy) is 1. The zero-order chi connectivity index (χ0) is 22.2. The highest BCUT2D eigenvalue weighted by Gasteiger charge is 2.12. The Hall–Kier alpha value is -3.51. The number of aromatic nitrogens is 3. The summed E-state index contributed by atoms with van der Waals surface area (Å²) < 4.78 is 5.07. The molecule has 4 rings (SSSR count). The van der Waals surface area contributed by atoms with Gasteiger partial charge >= 0.3 is 5.97 Å². The van der Waals surface area contributed by atoms with Crippen molar-refractivity contribution in [1.82, 2.24) is 15.0 Å². The van der Waals surface area contributed by atoms with E-state index in [1.54, 1.807) is 0 Å². The summed E-state index contributed by atoms with van der Waals surface area (Å²) in [5, 5.41) is 0. The Morgan fingerprint density at radius 2 is 1.16 bits per heavy atom. The SMILES string of the molecule is O=C(CS)OCCCc1ccc(-c2nc(-c3ccccc3)nc(-c3ccccc3)n2)cc1. The number of carbonyl (C=O) groups is 1. The molecule has 0 spiro atoms. The van der Waals surface area contributed by atoms with Crippen molar-refractivity contribution in [2.45, 2.75) is 12.8 Å². The zero-order valence-electron chi connectivity index (χ0n) is 17.5. The van der Waals surface area contributed by atoms with Crippen LogP contribution >= 0.6 is 12.6 Å². The number of benzene rings is 3. The maximum Gasteiger partial charge on any atom is 0.315 e.